The highest BCUT2D eigenvalue weighted by atomic mass is 19.1. The number of hydrogen-bond donors (Lipinski definition) is 2. The van der Waals surface area contributed by atoms with Crippen molar-refractivity contribution in [2.45, 2.75) is 12.8 Å². The van der Waals surface area contributed by atoms with Crippen LogP contribution in [0.5, 0.6) is 0 Å². The summed E-state index contributed by atoms with van der Waals surface area (Å²) in [6.45, 7) is 1.09. The predicted molar refractivity (Wildman–Crippen MR) is 99.2 cm³/mol. The molecule has 0 aliphatic rings. The molecule has 26 heavy (non-hydrogen) atoms. The summed E-state index contributed by atoms with van der Waals surface area (Å²) in [7, 11) is 0. The number of benzene rings is 2. The molecule has 1 heterocycles. The molecule has 3 rings (SSSR count). The fraction of sp³-hybridized carbons (Fsp3) is 0.200. The molecule has 0 bridgehead atoms. The van der Waals surface area contributed by atoms with Gasteiger partial charge in [-0.3, -0.25) is 0 Å². The molecule has 0 radical (unpaired) electrons. The standard InChI is InChI=1S/C20H20F2N4/c21-17-7-3-1-5-15(17)9-12-23-19-11-14-25-20(26-19)24-13-10-16-6-2-4-8-18(16)22/h1-8,11,14H,9-10,12-13H2,(H2,23,24,25,26). The van der Waals surface area contributed by atoms with Crippen LogP contribution in [0.4, 0.5) is 20.5 Å². The van der Waals surface area contributed by atoms with Crippen LogP contribution in [-0.2, 0) is 12.8 Å². The summed E-state index contributed by atoms with van der Waals surface area (Å²) >= 11 is 0. The van der Waals surface area contributed by atoms with Gasteiger partial charge in [0.25, 0.3) is 0 Å². The van der Waals surface area contributed by atoms with Gasteiger partial charge in [0.15, 0.2) is 0 Å². The Hall–Kier alpha value is -3.02. The van der Waals surface area contributed by atoms with E-state index in [1.54, 1.807) is 36.5 Å². The molecule has 1 aromatic heterocycles. The first-order valence-corrected chi connectivity index (χ1v) is 8.50. The van der Waals surface area contributed by atoms with Gasteiger partial charge in [-0.2, -0.15) is 4.98 Å². The van der Waals surface area contributed by atoms with Crippen molar-refractivity contribution >= 4 is 11.8 Å². The Morgan fingerprint density at radius 3 is 1.92 bits per heavy atom. The normalized spacial score (nSPS) is 10.5. The lowest BCUT2D eigenvalue weighted by Gasteiger charge is -2.09. The van der Waals surface area contributed by atoms with E-state index in [0.29, 0.717) is 48.8 Å². The second-order valence-electron chi connectivity index (χ2n) is 5.80. The highest BCUT2D eigenvalue weighted by molar-refractivity contribution is 5.39. The van der Waals surface area contributed by atoms with Gasteiger partial charge in [0.05, 0.1) is 0 Å². The van der Waals surface area contributed by atoms with Crippen LogP contribution in [0, 0.1) is 11.6 Å². The SMILES string of the molecule is Fc1ccccc1CCNc1ccnc(NCCc2ccccc2F)n1. The number of halogens is 2. The molecule has 0 aliphatic carbocycles. The van der Waals surface area contributed by atoms with E-state index in [1.165, 1.54) is 12.1 Å². The Bertz CT molecular complexity index is 788. The number of anilines is 2. The zero-order chi connectivity index (χ0) is 18.2. The number of nitrogens with one attached hydrogen (secondary N) is 2. The lowest BCUT2D eigenvalue weighted by atomic mass is 10.1. The topological polar surface area (TPSA) is 49.8 Å². The van der Waals surface area contributed by atoms with Gasteiger partial charge in [-0.15, -0.1) is 0 Å². The van der Waals surface area contributed by atoms with E-state index >= 15 is 0 Å². The second kappa shape index (κ2) is 8.89. The zero-order valence-electron chi connectivity index (χ0n) is 14.3. The second-order valence-corrected chi connectivity index (χ2v) is 5.80. The van der Waals surface area contributed by atoms with E-state index in [-0.39, 0.29) is 11.6 Å². The van der Waals surface area contributed by atoms with E-state index in [9.17, 15) is 8.78 Å². The zero-order valence-corrected chi connectivity index (χ0v) is 14.3. The minimum atomic E-state index is -0.209. The molecule has 0 amide bonds. The Morgan fingerprint density at radius 2 is 1.31 bits per heavy atom. The monoisotopic (exact) mass is 354 g/mol. The first-order chi connectivity index (χ1) is 12.7. The van der Waals surface area contributed by atoms with Crippen LogP contribution in [0.25, 0.3) is 0 Å². The largest absolute Gasteiger partial charge is 0.370 e. The van der Waals surface area contributed by atoms with E-state index < -0.39 is 0 Å². The fourth-order valence-corrected chi connectivity index (χ4v) is 2.58. The highest BCUT2D eigenvalue weighted by Crippen LogP contribution is 2.10. The molecular weight excluding hydrogens is 334 g/mol. The smallest absolute Gasteiger partial charge is 0.224 e. The number of rotatable bonds is 8. The molecule has 134 valence electrons. The van der Waals surface area contributed by atoms with Crippen LogP contribution in [-0.4, -0.2) is 23.1 Å². The summed E-state index contributed by atoms with van der Waals surface area (Å²) < 4.78 is 27.2. The van der Waals surface area contributed by atoms with Gasteiger partial charge in [0, 0.05) is 19.3 Å². The third-order valence-corrected chi connectivity index (χ3v) is 3.95. The molecule has 0 atom stereocenters. The summed E-state index contributed by atoms with van der Waals surface area (Å²) in [5.41, 5.74) is 1.32. The van der Waals surface area contributed by atoms with Crippen LogP contribution >= 0.6 is 0 Å². The van der Waals surface area contributed by atoms with Crippen LogP contribution in [0.3, 0.4) is 0 Å². The molecule has 6 heteroatoms. The molecule has 3 aromatic rings. The highest BCUT2D eigenvalue weighted by Gasteiger charge is 2.03. The summed E-state index contributed by atoms with van der Waals surface area (Å²) in [6, 6.07) is 15.2. The van der Waals surface area contributed by atoms with Crippen LogP contribution < -0.4 is 10.6 Å². The van der Waals surface area contributed by atoms with Gasteiger partial charge < -0.3 is 10.6 Å². The van der Waals surface area contributed by atoms with Crippen molar-refractivity contribution in [1.82, 2.24) is 9.97 Å². The lowest BCUT2D eigenvalue weighted by Crippen LogP contribution is -2.11. The number of aromatic nitrogens is 2. The quantitative estimate of drug-likeness (QED) is 0.640. The fourth-order valence-electron chi connectivity index (χ4n) is 2.58. The van der Waals surface area contributed by atoms with Gasteiger partial charge in [-0.05, 0) is 42.2 Å². The summed E-state index contributed by atoms with van der Waals surface area (Å²) in [5, 5.41) is 6.25. The van der Waals surface area contributed by atoms with Gasteiger partial charge in [0.1, 0.15) is 17.5 Å². The van der Waals surface area contributed by atoms with Crippen molar-refractivity contribution in [1.29, 1.82) is 0 Å². The summed E-state index contributed by atoms with van der Waals surface area (Å²) in [4.78, 5) is 8.52. The van der Waals surface area contributed by atoms with Gasteiger partial charge in [0.2, 0.25) is 5.95 Å². The maximum atomic E-state index is 13.6. The maximum absolute atomic E-state index is 13.6. The molecule has 0 aliphatic heterocycles. The minimum absolute atomic E-state index is 0.201. The van der Waals surface area contributed by atoms with Crippen molar-refractivity contribution in [2.24, 2.45) is 0 Å². The molecular formula is C20H20F2N4. The lowest BCUT2D eigenvalue weighted by molar-refractivity contribution is 0.610. The first kappa shape index (κ1) is 17.8. The van der Waals surface area contributed by atoms with Gasteiger partial charge in [-0.25, -0.2) is 13.8 Å². The van der Waals surface area contributed by atoms with Crippen LogP contribution in [0.2, 0.25) is 0 Å². The predicted octanol–water partition coefficient (Wildman–Crippen LogP) is 4.06. The third-order valence-electron chi connectivity index (χ3n) is 3.95. The van der Waals surface area contributed by atoms with Crippen LogP contribution in [0.15, 0.2) is 60.8 Å². The van der Waals surface area contributed by atoms with Gasteiger partial charge in [-0.1, -0.05) is 36.4 Å². The molecule has 0 fully saturated rings. The van der Waals surface area contributed by atoms with Crippen molar-refractivity contribution in [2.75, 3.05) is 23.7 Å². The van der Waals surface area contributed by atoms with E-state index in [2.05, 4.69) is 20.6 Å². The molecule has 0 spiro atoms. The Kier molecular flexibility index (Phi) is 6.09. The van der Waals surface area contributed by atoms with E-state index in [0.717, 1.165) is 0 Å². The minimum Gasteiger partial charge on any atom is -0.370 e. The van der Waals surface area contributed by atoms with Crippen molar-refractivity contribution < 1.29 is 8.78 Å². The summed E-state index contributed by atoms with van der Waals surface area (Å²) in [5.74, 6) is 0.716. The van der Waals surface area contributed by atoms with Crippen molar-refractivity contribution in [3.05, 3.63) is 83.6 Å². The van der Waals surface area contributed by atoms with Crippen LogP contribution in [0.1, 0.15) is 11.1 Å². The molecule has 4 nitrogen and oxygen atoms in total. The Morgan fingerprint density at radius 1 is 0.731 bits per heavy atom. The van der Waals surface area contributed by atoms with Gasteiger partial charge >= 0.3 is 0 Å². The third kappa shape index (κ3) is 4.99. The average Bonchev–Trinajstić information content (AvgIpc) is 2.65. The molecule has 2 N–H and O–H groups in total. The van der Waals surface area contributed by atoms with E-state index in [1.807, 2.05) is 12.1 Å². The molecule has 0 unspecified atom stereocenters. The number of nitrogens with zero attached hydrogens (tertiary/aromatic N) is 2. The van der Waals surface area contributed by atoms with E-state index in [4.69, 9.17) is 0 Å². The average molecular weight is 354 g/mol. The Labute approximate surface area is 151 Å². The molecule has 2 aromatic carbocycles. The first-order valence-electron chi connectivity index (χ1n) is 8.50. The maximum Gasteiger partial charge on any atom is 0.224 e. The Balaban J connectivity index is 1.48. The summed E-state index contributed by atoms with van der Waals surface area (Å²) in [6.07, 6.45) is 2.75. The van der Waals surface area contributed by atoms with Crippen molar-refractivity contribution in [3.8, 4) is 0 Å². The van der Waals surface area contributed by atoms with Crippen molar-refractivity contribution in [3.63, 3.8) is 0 Å². The molecule has 0 saturated heterocycles. The number of hydrogen-bond acceptors (Lipinski definition) is 4. The molecule has 0 saturated carbocycles.